The molecule has 0 aromatic rings. The summed E-state index contributed by atoms with van der Waals surface area (Å²) in [6, 6.07) is 0. The van der Waals surface area contributed by atoms with Crippen LogP contribution in [0.15, 0.2) is 0 Å². The van der Waals surface area contributed by atoms with Crippen molar-refractivity contribution in [3.8, 4) is 0 Å². The van der Waals surface area contributed by atoms with Gasteiger partial charge in [-0.1, -0.05) is 0 Å². The van der Waals surface area contributed by atoms with Crippen LogP contribution >= 0.6 is 0 Å². The van der Waals surface area contributed by atoms with Gasteiger partial charge in [0.15, 0.2) is 5.41 Å². The predicted octanol–water partition coefficient (Wildman–Crippen LogP) is 1.37. The van der Waals surface area contributed by atoms with Crippen molar-refractivity contribution in [3.05, 3.63) is 0 Å². The van der Waals surface area contributed by atoms with Gasteiger partial charge in [0, 0.05) is 6.54 Å². The highest BCUT2D eigenvalue weighted by Crippen LogP contribution is 2.43. The lowest BCUT2D eigenvalue weighted by Gasteiger charge is -2.30. The number of carbonyl (C=O) groups is 1. The topological polar surface area (TPSA) is 50.4 Å². The van der Waals surface area contributed by atoms with Gasteiger partial charge in [0.05, 0.1) is 5.60 Å². The van der Waals surface area contributed by atoms with Crippen molar-refractivity contribution in [1.82, 2.24) is 10.8 Å². The number of rotatable bonds is 2. The zero-order chi connectivity index (χ0) is 13.3. The normalized spacial score (nSPS) is 26.0. The third-order valence-electron chi connectivity index (χ3n) is 2.58. The summed E-state index contributed by atoms with van der Waals surface area (Å²) in [4.78, 5) is 16.6. The van der Waals surface area contributed by atoms with E-state index < -0.39 is 29.6 Å². The molecule has 1 atom stereocenters. The van der Waals surface area contributed by atoms with Crippen LogP contribution in [-0.4, -0.2) is 30.8 Å². The van der Waals surface area contributed by atoms with Crippen molar-refractivity contribution < 1.29 is 22.8 Å². The first-order chi connectivity index (χ1) is 7.58. The van der Waals surface area contributed by atoms with Crippen molar-refractivity contribution in [2.75, 3.05) is 13.1 Å². The van der Waals surface area contributed by atoms with E-state index in [0.717, 1.165) is 0 Å². The second-order valence-corrected chi connectivity index (χ2v) is 5.15. The van der Waals surface area contributed by atoms with Crippen LogP contribution in [0.4, 0.5) is 13.2 Å². The van der Waals surface area contributed by atoms with Crippen molar-refractivity contribution in [2.45, 2.75) is 39.0 Å². The molecule has 1 aliphatic rings. The average Bonchev–Trinajstić information content (AvgIpc) is 2.61. The number of alkyl halides is 3. The van der Waals surface area contributed by atoms with E-state index >= 15 is 0 Å². The molecule has 4 nitrogen and oxygen atoms in total. The Labute approximate surface area is 97.8 Å². The van der Waals surface area contributed by atoms with Gasteiger partial charge in [-0.3, -0.25) is 9.63 Å². The monoisotopic (exact) mass is 254 g/mol. The molecular formula is C10H17F3N2O2. The molecule has 7 heteroatoms. The molecule has 1 saturated heterocycles. The molecule has 1 aliphatic heterocycles. The summed E-state index contributed by atoms with van der Waals surface area (Å²) in [7, 11) is 0. The molecule has 1 rings (SSSR count). The second-order valence-electron chi connectivity index (χ2n) is 5.15. The molecule has 1 unspecified atom stereocenters. The fourth-order valence-electron chi connectivity index (χ4n) is 1.55. The van der Waals surface area contributed by atoms with E-state index in [1.807, 2.05) is 5.48 Å². The fourth-order valence-corrected chi connectivity index (χ4v) is 1.55. The van der Waals surface area contributed by atoms with E-state index in [-0.39, 0.29) is 13.0 Å². The first kappa shape index (κ1) is 14.2. The molecule has 1 heterocycles. The Kier molecular flexibility index (Phi) is 3.73. The quantitative estimate of drug-likeness (QED) is 0.732. The summed E-state index contributed by atoms with van der Waals surface area (Å²) >= 11 is 0. The van der Waals surface area contributed by atoms with Gasteiger partial charge in [-0.15, -0.1) is 0 Å². The molecule has 17 heavy (non-hydrogen) atoms. The van der Waals surface area contributed by atoms with Gasteiger partial charge < -0.3 is 5.32 Å². The Morgan fingerprint density at radius 1 is 1.35 bits per heavy atom. The number of nitrogens with one attached hydrogen (secondary N) is 2. The maximum Gasteiger partial charge on any atom is 0.404 e. The molecule has 1 amide bonds. The van der Waals surface area contributed by atoms with E-state index in [2.05, 4.69) is 5.32 Å². The van der Waals surface area contributed by atoms with E-state index in [0.29, 0.717) is 0 Å². The van der Waals surface area contributed by atoms with Crippen molar-refractivity contribution >= 4 is 5.91 Å². The van der Waals surface area contributed by atoms with Crippen LogP contribution in [0.2, 0.25) is 0 Å². The molecule has 0 aliphatic carbocycles. The van der Waals surface area contributed by atoms with Gasteiger partial charge in [-0.2, -0.15) is 13.2 Å². The van der Waals surface area contributed by atoms with Crippen molar-refractivity contribution in [3.63, 3.8) is 0 Å². The van der Waals surface area contributed by atoms with Gasteiger partial charge in [0.2, 0.25) is 0 Å². The summed E-state index contributed by atoms with van der Waals surface area (Å²) in [5.74, 6) is -1.13. The van der Waals surface area contributed by atoms with Crippen LogP contribution in [0.25, 0.3) is 0 Å². The lowest BCUT2D eigenvalue weighted by Crippen LogP contribution is -2.53. The Hall–Kier alpha value is -0.820. The maximum atomic E-state index is 12.9. The molecule has 0 saturated carbocycles. The lowest BCUT2D eigenvalue weighted by molar-refractivity contribution is -0.224. The number of halogens is 3. The van der Waals surface area contributed by atoms with Crippen LogP contribution < -0.4 is 10.8 Å². The zero-order valence-electron chi connectivity index (χ0n) is 10.1. The Morgan fingerprint density at radius 2 is 1.94 bits per heavy atom. The van der Waals surface area contributed by atoms with Crippen LogP contribution in [0, 0.1) is 5.41 Å². The number of hydrogen-bond donors (Lipinski definition) is 2. The smallest absolute Gasteiger partial charge is 0.315 e. The number of hydrogen-bond acceptors (Lipinski definition) is 3. The van der Waals surface area contributed by atoms with E-state index in [1.54, 1.807) is 20.8 Å². The average molecular weight is 254 g/mol. The number of carbonyl (C=O) groups excluding carboxylic acids is 1. The van der Waals surface area contributed by atoms with E-state index in [1.165, 1.54) is 0 Å². The Morgan fingerprint density at radius 3 is 2.29 bits per heavy atom. The van der Waals surface area contributed by atoms with Crippen LogP contribution in [0.5, 0.6) is 0 Å². The minimum absolute atomic E-state index is 0.169. The predicted molar refractivity (Wildman–Crippen MR) is 55.0 cm³/mol. The largest absolute Gasteiger partial charge is 0.404 e. The summed E-state index contributed by atoms with van der Waals surface area (Å²) < 4.78 is 38.8. The number of hydroxylamine groups is 1. The zero-order valence-corrected chi connectivity index (χ0v) is 10.1. The summed E-state index contributed by atoms with van der Waals surface area (Å²) in [6.07, 6.45) is -4.85. The molecule has 0 aromatic heterocycles. The summed E-state index contributed by atoms with van der Waals surface area (Å²) in [6.45, 7) is 4.68. The molecule has 0 radical (unpaired) electrons. The van der Waals surface area contributed by atoms with E-state index in [9.17, 15) is 18.0 Å². The molecular weight excluding hydrogens is 237 g/mol. The standard InChI is InChI=1S/C10H17F3N2O2/c1-8(2,3)17-15-7(16)9(10(11,12)13)4-5-14-6-9/h14H,4-6H2,1-3H3,(H,15,16). The van der Waals surface area contributed by atoms with E-state index in [4.69, 9.17) is 4.84 Å². The summed E-state index contributed by atoms with van der Waals surface area (Å²) in [5, 5.41) is 2.56. The highest BCUT2D eigenvalue weighted by Gasteiger charge is 2.61. The van der Waals surface area contributed by atoms with Crippen LogP contribution in [0.1, 0.15) is 27.2 Å². The first-order valence-electron chi connectivity index (χ1n) is 5.34. The van der Waals surface area contributed by atoms with Crippen LogP contribution in [0.3, 0.4) is 0 Å². The maximum absolute atomic E-state index is 12.9. The van der Waals surface area contributed by atoms with Gasteiger partial charge in [-0.25, -0.2) is 5.48 Å². The molecule has 1 fully saturated rings. The lowest BCUT2D eigenvalue weighted by atomic mass is 9.85. The summed E-state index contributed by atoms with van der Waals surface area (Å²) in [5.41, 5.74) is -1.19. The van der Waals surface area contributed by atoms with Gasteiger partial charge >= 0.3 is 6.18 Å². The number of amides is 1. The second kappa shape index (κ2) is 4.45. The fraction of sp³-hybridized carbons (Fsp3) is 0.900. The minimum Gasteiger partial charge on any atom is -0.315 e. The van der Waals surface area contributed by atoms with Gasteiger partial charge in [0.1, 0.15) is 0 Å². The van der Waals surface area contributed by atoms with Gasteiger partial charge in [-0.05, 0) is 33.7 Å². The highest BCUT2D eigenvalue weighted by atomic mass is 19.4. The Bertz CT molecular complexity index is 291. The highest BCUT2D eigenvalue weighted by molar-refractivity contribution is 5.83. The molecule has 100 valence electrons. The third kappa shape index (κ3) is 3.10. The first-order valence-corrected chi connectivity index (χ1v) is 5.34. The molecule has 0 bridgehead atoms. The SMILES string of the molecule is CC(C)(C)ONC(=O)C1(C(F)(F)F)CCNC1. The molecule has 0 aromatic carbocycles. The molecule has 0 spiro atoms. The third-order valence-corrected chi connectivity index (χ3v) is 2.58. The van der Waals surface area contributed by atoms with Crippen LogP contribution in [-0.2, 0) is 9.63 Å². The van der Waals surface area contributed by atoms with Gasteiger partial charge in [0.25, 0.3) is 5.91 Å². The molecule has 2 N–H and O–H groups in total. The van der Waals surface area contributed by atoms with Crippen molar-refractivity contribution in [2.24, 2.45) is 5.41 Å². The van der Waals surface area contributed by atoms with Crippen molar-refractivity contribution in [1.29, 1.82) is 0 Å². The Balaban J connectivity index is 2.76. The minimum atomic E-state index is -4.58.